The van der Waals surface area contributed by atoms with Crippen LogP contribution in [-0.2, 0) is 9.47 Å². The van der Waals surface area contributed by atoms with E-state index >= 15 is 0 Å². The van der Waals surface area contributed by atoms with Gasteiger partial charge in [0.25, 0.3) is 0 Å². The van der Waals surface area contributed by atoms with Gasteiger partial charge in [0, 0.05) is 20.2 Å². The number of nitrogens with zero attached hydrogens (tertiary/aromatic N) is 1. The molecule has 0 radical (unpaired) electrons. The fourth-order valence-corrected chi connectivity index (χ4v) is 0.995. The molecule has 0 saturated carbocycles. The van der Waals surface area contributed by atoms with Crippen molar-refractivity contribution >= 4 is 29.9 Å². The van der Waals surface area contributed by atoms with Gasteiger partial charge in [-0.15, -0.1) is 24.0 Å². The molecule has 3 N–H and O–H groups in total. The third-order valence-electron chi connectivity index (χ3n) is 1.97. The fourth-order valence-electron chi connectivity index (χ4n) is 0.995. The van der Waals surface area contributed by atoms with Gasteiger partial charge < -0.3 is 20.5 Å². The summed E-state index contributed by atoms with van der Waals surface area (Å²) in [4.78, 5) is 4.20. The van der Waals surface area contributed by atoms with Gasteiger partial charge in [-0.1, -0.05) is 13.8 Å². The Bertz CT molecular complexity index is 190. The first-order valence-corrected chi connectivity index (χ1v) is 5.77. The number of halogens is 1. The largest absolute Gasteiger partial charge is 0.382 e. The zero-order valence-electron chi connectivity index (χ0n) is 11.1. The molecule has 0 amide bonds. The van der Waals surface area contributed by atoms with E-state index < -0.39 is 0 Å². The van der Waals surface area contributed by atoms with Crippen molar-refractivity contribution in [2.24, 2.45) is 16.6 Å². The van der Waals surface area contributed by atoms with Crippen molar-refractivity contribution in [2.45, 2.75) is 20.3 Å². The lowest BCUT2D eigenvalue weighted by atomic mass is 10.1. The van der Waals surface area contributed by atoms with E-state index in [0.29, 0.717) is 38.2 Å². The van der Waals surface area contributed by atoms with Crippen molar-refractivity contribution in [2.75, 3.05) is 40.0 Å². The Morgan fingerprint density at radius 2 is 2.00 bits per heavy atom. The highest BCUT2D eigenvalue weighted by atomic mass is 127. The molecule has 17 heavy (non-hydrogen) atoms. The number of aliphatic imine (C=N–C) groups is 1. The molecule has 0 heterocycles. The van der Waals surface area contributed by atoms with Gasteiger partial charge in [-0.25, -0.2) is 0 Å². The van der Waals surface area contributed by atoms with Crippen molar-refractivity contribution in [3.63, 3.8) is 0 Å². The number of nitrogens with two attached hydrogens (primary N) is 1. The molecule has 0 bridgehead atoms. The van der Waals surface area contributed by atoms with E-state index in [1.165, 1.54) is 0 Å². The predicted octanol–water partition coefficient (Wildman–Crippen LogP) is 1.22. The van der Waals surface area contributed by atoms with Crippen LogP contribution in [0.1, 0.15) is 20.3 Å². The van der Waals surface area contributed by atoms with E-state index in [-0.39, 0.29) is 24.0 Å². The average Bonchev–Trinajstić information content (AvgIpc) is 2.22. The summed E-state index contributed by atoms with van der Waals surface area (Å²) in [6.07, 6.45) is 1.06. The molecule has 0 aliphatic heterocycles. The van der Waals surface area contributed by atoms with Crippen LogP contribution in [-0.4, -0.2) is 46.0 Å². The minimum atomic E-state index is 0. The Hall–Kier alpha value is -0.0800. The molecular weight excluding hydrogens is 333 g/mol. The first-order valence-electron chi connectivity index (χ1n) is 5.77. The van der Waals surface area contributed by atoms with Crippen molar-refractivity contribution in [1.82, 2.24) is 5.32 Å². The summed E-state index contributed by atoms with van der Waals surface area (Å²) in [6, 6.07) is 0. The standard InChI is InChI=1S/C11H25N3O2.HI/c1-10(2)4-5-13-11(12)14-6-7-16-9-8-15-3;/h10H,4-9H2,1-3H3,(H3,12,13,14);1H. The molecule has 0 atom stereocenters. The van der Waals surface area contributed by atoms with Crippen LogP contribution in [0.15, 0.2) is 4.99 Å². The third kappa shape index (κ3) is 15.9. The van der Waals surface area contributed by atoms with Gasteiger partial charge in [-0.2, -0.15) is 0 Å². The molecule has 0 aromatic heterocycles. The number of guanidine groups is 1. The fraction of sp³-hybridized carbons (Fsp3) is 0.909. The number of ether oxygens (including phenoxy) is 2. The number of hydrogen-bond donors (Lipinski definition) is 2. The molecule has 104 valence electrons. The molecule has 0 aromatic carbocycles. The van der Waals surface area contributed by atoms with Crippen LogP contribution in [0.2, 0.25) is 0 Å². The summed E-state index contributed by atoms with van der Waals surface area (Å²) >= 11 is 0. The summed E-state index contributed by atoms with van der Waals surface area (Å²) in [5.74, 6) is 1.16. The molecule has 0 aliphatic rings. The summed E-state index contributed by atoms with van der Waals surface area (Å²) in [5.41, 5.74) is 5.66. The van der Waals surface area contributed by atoms with Crippen LogP contribution in [0.4, 0.5) is 0 Å². The lowest BCUT2D eigenvalue weighted by molar-refractivity contribution is 0.0734. The maximum absolute atomic E-state index is 5.66. The second-order valence-corrected chi connectivity index (χ2v) is 3.98. The summed E-state index contributed by atoms with van der Waals surface area (Å²) in [6.45, 7) is 7.65. The molecule has 5 nitrogen and oxygen atoms in total. The first-order chi connectivity index (χ1) is 7.66. The second kappa shape index (κ2) is 14.0. The summed E-state index contributed by atoms with van der Waals surface area (Å²) in [7, 11) is 1.65. The van der Waals surface area contributed by atoms with Gasteiger partial charge in [-0.3, -0.25) is 4.99 Å². The number of methoxy groups -OCH3 is 1. The monoisotopic (exact) mass is 359 g/mol. The van der Waals surface area contributed by atoms with Crippen LogP contribution in [0.5, 0.6) is 0 Å². The van der Waals surface area contributed by atoms with Crippen molar-refractivity contribution < 1.29 is 9.47 Å². The zero-order chi connectivity index (χ0) is 12.2. The minimum absolute atomic E-state index is 0. The highest BCUT2D eigenvalue weighted by Crippen LogP contribution is 1.97. The van der Waals surface area contributed by atoms with Crippen LogP contribution in [0, 0.1) is 5.92 Å². The van der Waals surface area contributed by atoms with Gasteiger partial charge >= 0.3 is 0 Å². The summed E-state index contributed by atoms with van der Waals surface area (Å²) in [5, 5.41) is 3.00. The third-order valence-corrected chi connectivity index (χ3v) is 1.97. The Labute approximate surface area is 122 Å². The highest BCUT2D eigenvalue weighted by molar-refractivity contribution is 14.0. The maximum Gasteiger partial charge on any atom is 0.188 e. The van der Waals surface area contributed by atoms with Crippen LogP contribution < -0.4 is 11.1 Å². The lowest BCUT2D eigenvalue weighted by Crippen LogP contribution is -2.34. The van der Waals surface area contributed by atoms with E-state index in [0.717, 1.165) is 13.0 Å². The van der Waals surface area contributed by atoms with Gasteiger partial charge in [0.05, 0.1) is 19.8 Å². The molecule has 0 spiro atoms. The predicted molar refractivity (Wildman–Crippen MR) is 82.1 cm³/mol. The molecule has 0 fully saturated rings. The van der Waals surface area contributed by atoms with Gasteiger partial charge in [0.15, 0.2) is 5.96 Å². The Balaban J connectivity index is 0. The normalized spacial score (nSPS) is 11.4. The van der Waals surface area contributed by atoms with Crippen LogP contribution in [0.3, 0.4) is 0 Å². The molecule has 0 unspecified atom stereocenters. The molecule has 0 saturated heterocycles. The highest BCUT2D eigenvalue weighted by Gasteiger charge is 1.94. The van der Waals surface area contributed by atoms with Crippen LogP contribution in [0.25, 0.3) is 0 Å². The average molecular weight is 359 g/mol. The maximum atomic E-state index is 5.66. The lowest BCUT2D eigenvalue weighted by Gasteiger charge is -2.07. The Morgan fingerprint density at radius 1 is 1.29 bits per heavy atom. The van der Waals surface area contributed by atoms with E-state index in [2.05, 4.69) is 24.2 Å². The van der Waals surface area contributed by atoms with Crippen LogP contribution >= 0.6 is 24.0 Å². The number of rotatable bonds is 9. The Morgan fingerprint density at radius 3 is 2.59 bits per heavy atom. The molecule has 0 aromatic rings. The van der Waals surface area contributed by atoms with E-state index in [4.69, 9.17) is 15.2 Å². The molecule has 0 aliphatic carbocycles. The Kier molecular flexibility index (Phi) is 15.8. The van der Waals surface area contributed by atoms with Gasteiger partial charge in [-0.05, 0) is 12.3 Å². The van der Waals surface area contributed by atoms with E-state index in [1.807, 2.05) is 0 Å². The minimum Gasteiger partial charge on any atom is -0.382 e. The number of nitrogens with one attached hydrogen (secondary N) is 1. The van der Waals surface area contributed by atoms with Gasteiger partial charge in [0.1, 0.15) is 0 Å². The smallest absolute Gasteiger partial charge is 0.188 e. The van der Waals surface area contributed by atoms with Crippen molar-refractivity contribution in [1.29, 1.82) is 0 Å². The van der Waals surface area contributed by atoms with Crippen molar-refractivity contribution in [3.05, 3.63) is 0 Å². The summed E-state index contributed by atoms with van der Waals surface area (Å²) < 4.78 is 10.1. The molecule has 6 heteroatoms. The van der Waals surface area contributed by atoms with E-state index in [1.54, 1.807) is 7.11 Å². The van der Waals surface area contributed by atoms with Gasteiger partial charge in [0.2, 0.25) is 0 Å². The molecule has 0 rings (SSSR count). The first kappa shape index (κ1) is 19.3. The van der Waals surface area contributed by atoms with E-state index in [9.17, 15) is 0 Å². The second-order valence-electron chi connectivity index (χ2n) is 3.98. The number of hydrogen-bond acceptors (Lipinski definition) is 3. The topological polar surface area (TPSA) is 68.9 Å². The van der Waals surface area contributed by atoms with Crippen molar-refractivity contribution in [3.8, 4) is 0 Å². The quantitative estimate of drug-likeness (QED) is 0.281. The molecular formula is C11H26IN3O2. The SMILES string of the molecule is COCCOCCNC(N)=NCCC(C)C.I. The zero-order valence-corrected chi connectivity index (χ0v) is 13.4.